The Labute approximate surface area is 127 Å². The Balaban J connectivity index is 2.61. The minimum absolute atomic E-state index is 0.460. The first-order chi connectivity index (χ1) is 9.11. The van der Waals surface area contributed by atoms with Crippen molar-refractivity contribution in [2.45, 2.75) is 13.8 Å². The third kappa shape index (κ3) is 4.74. The molecule has 0 spiro atoms. The number of halogens is 1. The molecule has 0 radical (unpaired) electrons. The highest BCUT2D eigenvalue weighted by Crippen LogP contribution is 2.29. The lowest BCUT2D eigenvalue weighted by Crippen LogP contribution is -2.11. The van der Waals surface area contributed by atoms with Crippen molar-refractivity contribution < 1.29 is 19.0 Å². The van der Waals surface area contributed by atoms with E-state index >= 15 is 0 Å². The predicted molar refractivity (Wildman–Crippen MR) is 82.2 cm³/mol. The number of hydrogen-bond donors (Lipinski definition) is 0. The van der Waals surface area contributed by atoms with Crippen LogP contribution in [0.5, 0.6) is 5.75 Å². The van der Waals surface area contributed by atoms with Crippen molar-refractivity contribution >= 4 is 28.9 Å². The molecule has 0 saturated carbocycles. The molecular weight excluding hydrogens is 359 g/mol. The summed E-state index contributed by atoms with van der Waals surface area (Å²) in [4.78, 5) is 11.1. The van der Waals surface area contributed by atoms with Crippen LogP contribution in [0.4, 0.5) is 0 Å². The molecule has 0 atom stereocenters. The van der Waals surface area contributed by atoms with Gasteiger partial charge >= 0.3 is 0 Å². The quantitative estimate of drug-likeness (QED) is 0.397. The molecular formula is C14H19IO4. The van der Waals surface area contributed by atoms with Gasteiger partial charge in [-0.3, -0.25) is 4.79 Å². The summed E-state index contributed by atoms with van der Waals surface area (Å²) >= 11 is 2.22. The van der Waals surface area contributed by atoms with Gasteiger partial charge in [0.2, 0.25) is 0 Å². The summed E-state index contributed by atoms with van der Waals surface area (Å²) in [6, 6.07) is 1.96. The number of hydrogen-bond acceptors (Lipinski definition) is 4. The summed E-state index contributed by atoms with van der Waals surface area (Å²) in [7, 11) is 1.64. The maximum Gasteiger partial charge on any atom is 0.150 e. The molecule has 0 unspecified atom stereocenters. The van der Waals surface area contributed by atoms with Gasteiger partial charge in [0.05, 0.1) is 23.4 Å². The van der Waals surface area contributed by atoms with E-state index in [-0.39, 0.29) is 0 Å². The zero-order valence-electron chi connectivity index (χ0n) is 11.5. The number of benzene rings is 1. The summed E-state index contributed by atoms with van der Waals surface area (Å²) in [5.74, 6) is 0.767. The Hall–Kier alpha value is -0.660. The molecule has 0 aliphatic carbocycles. The molecule has 0 heterocycles. The van der Waals surface area contributed by atoms with Gasteiger partial charge in [-0.05, 0) is 48.1 Å². The normalized spacial score (nSPS) is 10.5. The largest absolute Gasteiger partial charge is 0.490 e. The molecule has 0 amide bonds. The maximum atomic E-state index is 11.1. The number of rotatable bonds is 8. The Bertz CT molecular complexity index is 432. The lowest BCUT2D eigenvalue weighted by atomic mass is 10.0. The first-order valence-corrected chi connectivity index (χ1v) is 7.14. The van der Waals surface area contributed by atoms with E-state index in [1.165, 1.54) is 0 Å². The van der Waals surface area contributed by atoms with E-state index in [4.69, 9.17) is 14.2 Å². The maximum absolute atomic E-state index is 11.1. The van der Waals surface area contributed by atoms with Crippen LogP contribution in [-0.4, -0.2) is 39.8 Å². The van der Waals surface area contributed by atoms with Gasteiger partial charge in [0.25, 0.3) is 0 Å². The third-order valence-corrected chi connectivity index (χ3v) is 3.55. The smallest absolute Gasteiger partial charge is 0.150 e. The Morgan fingerprint density at radius 3 is 2.53 bits per heavy atom. The Morgan fingerprint density at radius 1 is 1.21 bits per heavy atom. The van der Waals surface area contributed by atoms with Crippen molar-refractivity contribution in [1.29, 1.82) is 0 Å². The van der Waals surface area contributed by atoms with Crippen LogP contribution >= 0.6 is 22.6 Å². The highest BCUT2D eigenvalue weighted by Gasteiger charge is 2.12. The fourth-order valence-electron chi connectivity index (χ4n) is 1.74. The minimum Gasteiger partial charge on any atom is -0.490 e. The van der Waals surface area contributed by atoms with E-state index in [0.29, 0.717) is 32.0 Å². The molecule has 5 heteroatoms. The number of aryl methyl sites for hydroxylation is 1. The number of aldehydes is 1. The van der Waals surface area contributed by atoms with Gasteiger partial charge in [0.1, 0.15) is 12.4 Å². The molecule has 1 rings (SSSR count). The Kier molecular flexibility index (Phi) is 7.33. The van der Waals surface area contributed by atoms with Crippen LogP contribution in [0, 0.1) is 17.4 Å². The number of methoxy groups -OCH3 is 1. The van der Waals surface area contributed by atoms with Crippen LogP contribution in [-0.2, 0) is 9.47 Å². The van der Waals surface area contributed by atoms with Crippen LogP contribution in [0.15, 0.2) is 6.07 Å². The molecule has 19 heavy (non-hydrogen) atoms. The van der Waals surface area contributed by atoms with Crippen LogP contribution < -0.4 is 4.74 Å². The third-order valence-electron chi connectivity index (χ3n) is 2.75. The zero-order valence-corrected chi connectivity index (χ0v) is 13.7. The highest BCUT2D eigenvalue weighted by molar-refractivity contribution is 14.1. The number of ether oxygens (including phenoxy) is 3. The van der Waals surface area contributed by atoms with Crippen molar-refractivity contribution in [3.63, 3.8) is 0 Å². The van der Waals surface area contributed by atoms with Crippen molar-refractivity contribution in [2.24, 2.45) is 0 Å². The van der Waals surface area contributed by atoms with Crippen LogP contribution in [0.1, 0.15) is 21.5 Å². The monoisotopic (exact) mass is 378 g/mol. The van der Waals surface area contributed by atoms with Crippen LogP contribution in [0.2, 0.25) is 0 Å². The van der Waals surface area contributed by atoms with Crippen LogP contribution in [0.3, 0.4) is 0 Å². The summed E-state index contributed by atoms with van der Waals surface area (Å²) in [6.07, 6.45) is 0.878. The van der Waals surface area contributed by atoms with E-state index in [2.05, 4.69) is 22.6 Å². The second-order valence-electron chi connectivity index (χ2n) is 4.11. The van der Waals surface area contributed by atoms with E-state index in [0.717, 1.165) is 26.7 Å². The molecule has 0 fully saturated rings. The predicted octanol–water partition coefficient (Wildman–Crippen LogP) is 2.76. The van der Waals surface area contributed by atoms with Crippen molar-refractivity contribution in [1.82, 2.24) is 0 Å². The lowest BCUT2D eigenvalue weighted by molar-refractivity contribution is 0.0541. The van der Waals surface area contributed by atoms with Crippen LogP contribution in [0.25, 0.3) is 0 Å². The van der Waals surface area contributed by atoms with Gasteiger partial charge in [-0.25, -0.2) is 0 Å². The summed E-state index contributed by atoms with van der Waals surface area (Å²) < 4.78 is 16.9. The molecule has 0 aliphatic heterocycles. The highest BCUT2D eigenvalue weighted by atomic mass is 127. The average Bonchev–Trinajstić information content (AvgIpc) is 2.37. The summed E-state index contributed by atoms with van der Waals surface area (Å²) in [5, 5.41) is 0. The van der Waals surface area contributed by atoms with Gasteiger partial charge in [-0.15, -0.1) is 0 Å². The first-order valence-electron chi connectivity index (χ1n) is 6.06. The fourth-order valence-corrected chi connectivity index (χ4v) is 2.76. The van der Waals surface area contributed by atoms with E-state index < -0.39 is 0 Å². The molecule has 0 aromatic heterocycles. The van der Waals surface area contributed by atoms with Crippen molar-refractivity contribution in [3.05, 3.63) is 26.3 Å². The average molecular weight is 378 g/mol. The standard InChI is InChI=1S/C14H19IO4/c1-10-8-13(15)14(11(2)12(10)9-16)19-7-6-18-5-4-17-3/h8-9H,4-7H2,1-3H3. The second kappa shape index (κ2) is 8.50. The van der Waals surface area contributed by atoms with Crippen molar-refractivity contribution in [2.75, 3.05) is 33.5 Å². The molecule has 0 N–H and O–H groups in total. The molecule has 0 bridgehead atoms. The topological polar surface area (TPSA) is 44.8 Å². The molecule has 1 aromatic carbocycles. The van der Waals surface area contributed by atoms with E-state index in [1.54, 1.807) is 7.11 Å². The summed E-state index contributed by atoms with van der Waals surface area (Å²) in [6.45, 7) is 5.93. The summed E-state index contributed by atoms with van der Waals surface area (Å²) in [5.41, 5.74) is 2.56. The number of carbonyl (C=O) groups excluding carboxylic acids is 1. The minimum atomic E-state index is 0.460. The number of carbonyl (C=O) groups is 1. The molecule has 4 nitrogen and oxygen atoms in total. The van der Waals surface area contributed by atoms with E-state index in [9.17, 15) is 4.79 Å². The second-order valence-corrected chi connectivity index (χ2v) is 5.28. The molecule has 106 valence electrons. The zero-order chi connectivity index (χ0) is 14.3. The van der Waals surface area contributed by atoms with E-state index in [1.807, 2.05) is 19.9 Å². The molecule has 0 aliphatic rings. The molecule has 1 aromatic rings. The molecule has 0 saturated heterocycles. The first kappa shape index (κ1) is 16.4. The van der Waals surface area contributed by atoms with Gasteiger partial charge in [0, 0.05) is 18.2 Å². The fraction of sp³-hybridized carbons (Fsp3) is 0.500. The Morgan fingerprint density at radius 2 is 1.89 bits per heavy atom. The van der Waals surface area contributed by atoms with Gasteiger partial charge in [-0.2, -0.15) is 0 Å². The SMILES string of the molecule is COCCOCCOc1c(I)cc(C)c(C=O)c1C. The lowest BCUT2D eigenvalue weighted by Gasteiger charge is -2.14. The van der Waals surface area contributed by atoms with Crippen molar-refractivity contribution in [3.8, 4) is 5.75 Å². The van der Waals surface area contributed by atoms with Gasteiger partial charge < -0.3 is 14.2 Å². The van der Waals surface area contributed by atoms with Gasteiger partial charge in [-0.1, -0.05) is 0 Å². The van der Waals surface area contributed by atoms with Gasteiger partial charge in [0.15, 0.2) is 6.29 Å².